The Morgan fingerprint density at radius 2 is 2.62 bits per heavy atom. The van der Waals surface area contributed by atoms with Crippen LogP contribution in [0.15, 0.2) is 12.4 Å². The zero-order valence-corrected chi connectivity index (χ0v) is 7.49. The second-order valence-electron chi connectivity index (χ2n) is 2.75. The van der Waals surface area contributed by atoms with Crippen molar-refractivity contribution in [1.29, 1.82) is 0 Å². The molecule has 0 saturated carbocycles. The second kappa shape index (κ2) is 4.61. The van der Waals surface area contributed by atoms with Crippen LogP contribution in [0.1, 0.15) is 24.4 Å². The van der Waals surface area contributed by atoms with Crippen LogP contribution in [0.4, 0.5) is 0 Å². The fraction of sp³-hybridized carbons (Fsp3) is 0.500. The van der Waals surface area contributed by atoms with Gasteiger partial charge in [0.2, 0.25) is 0 Å². The maximum atomic E-state index is 10.8. The van der Waals surface area contributed by atoms with E-state index >= 15 is 0 Å². The van der Waals surface area contributed by atoms with Crippen molar-refractivity contribution in [3.8, 4) is 0 Å². The maximum absolute atomic E-state index is 10.8. The van der Waals surface area contributed by atoms with Gasteiger partial charge < -0.3 is 10.5 Å². The number of carbonyl (C=O) groups is 1. The summed E-state index contributed by atoms with van der Waals surface area (Å²) in [6.45, 7) is 0. The van der Waals surface area contributed by atoms with Crippen molar-refractivity contribution in [3.05, 3.63) is 18.0 Å². The molecule has 1 aromatic rings. The van der Waals surface area contributed by atoms with Gasteiger partial charge in [0.25, 0.3) is 0 Å². The standard InChI is InChI=1S/C8H13N3O2/c1-13-8(12)3-2-7(9)6-4-10-11-5-6/h4-5,7H,2-3,9H2,1H3,(H,10,11). The molecule has 0 amide bonds. The van der Waals surface area contributed by atoms with Crippen LogP contribution in [-0.2, 0) is 9.53 Å². The van der Waals surface area contributed by atoms with Crippen LogP contribution in [0.2, 0.25) is 0 Å². The van der Waals surface area contributed by atoms with Crippen molar-refractivity contribution in [2.75, 3.05) is 7.11 Å². The van der Waals surface area contributed by atoms with Gasteiger partial charge >= 0.3 is 5.97 Å². The van der Waals surface area contributed by atoms with Gasteiger partial charge in [-0.2, -0.15) is 5.10 Å². The molecule has 5 nitrogen and oxygen atoms in total. The lowest BCUT2D eigenvalue weighted by molar-refractivity contribution is -0.140. The van der Waals surface area contributed by atoms with Gasteiger partial charge in [0, 0.05) is 24.2 Å². The van der Waals surface area contributed by atoms with E-state index in [0.717, 1.165) is 5.56 Å². The normalized spacial score (nSPS) is 12.5. The summed E-state index contributed by atoms with van der Waals surface area (Å²) in [5, 5.41) is 6.44. The molecule has 0 bridgehead atoms. The first-order valence-electron chi connectivity index (χ1n) is 4.05. The molecule has 0 saturated heterocycles. The van der Waals surface area contributed by atoms with E-state index in [1.165, 1.54) is 7.11 Å². The first kappa shape index (κ1) is 9.73. The van der Waals surface area contributed by atoms with Gasteiger partial charge in [-0.15, -0.1) is 0 Å². The number of rotatable bonds is 4. The van der Waals surface area contributed by atoms with Gasteiger partial charge in [-0.1, -0.05) is 0 Å². The predicted octanol–water partition coefficient (Wildman–Crippen LogP) is 0.363. The number of carbonyl (C=O) groups excluding carboxylic acids is 1. The Morgan fingerprint density at radius 1 is 1.85 bits per heavy atom. The van der Waals surface area contributed by atoms with Gasteiger partial charge in [0.05, 0.1) is 13.3 Å². The zero-order chi connectivity index (χ0) is 9.68. The van der Waals surface area contributed by atoms with E-state index in [1.807, 2.05) is 0 Å². The first-order valence-corrected chi connectivity index (χ1v) is 4.05. The molecule has 1 unspecified atom stereocenters. The van der Waals surface area contributed by atoms with E-state index in [9.17, 15) is 4.79 Å². The maximum Gasteiger partial charge on any atom is 0.305 e. The Balaban J connectivity index is 2.34. The number of ether oxygens (including phenoxy) is 1. The topological polar surface area (TPSA) is 81.0 Å². The molecular weight excluding hydrogens is 170 g/mol. The quantitative estimate of drug-likeness (QED) is 0.660. The zero-order valence-electron chi connectivity index (χ0n) is 7.49. The minimum absolute atomic E-state index is 0.155. The molecule has 0 aliphatic heterocycles. The van der Waals surface area contributed by atoms with Crippen LogP contribution in [0, 0.1) is 0 Å². The first-order chi connectivity index (χ1) is 6.24. The van der Waals surface area contributed by atoms with Crippen molar-refractivity contribution in [1.82, 2.24) is 10.2 Å². The van der Waals surface area contributed by atoms with E-state index in [1.54, 1.807) is 12.4 Å². The largest absolute Gasteiger partial charge is 0.469 e. The molecule has 5 heteroatoms. The number of H-pyrrole nitrogens is 1. The monoisotopic (exact) mass is 183 g/mol. The summed E-state index contributed by atoms with van der Waals surface area (Å²) in [6.07, 6.45) is 4.29. The third kappa shape index (κ3) is 2.87. The Kier molecular flexibility index (Phi) is 3.45. The molecule has 0 spiro atoms. The molecule has 0 aromatic carbocycles. The summed E-state index contributed by atoms with van der Waals surface area (Å²) >= 11 is 0. The number of nitrogens with one attached hydrogen (secondary N) is 1. The Hall–Kier alpha value is -1.36. The highest BCUT2D eigenvalue weighted by Crippen LogP contribution is 2.13. The average Bonchev–Trinajstić information content (AvgIpc) is 2.66. The highest BCUT2D eigenvalue weighted by Gasteiger charge is 2.09. The summed E-state index contributed by atoms with van der Waals surface area (Å²) in [4.78, 5) is 10.8. The van der Waals surface area contributed by atoms with Crippen LogP contribution in [0.3, 0.4) is 0 Å². The molecule has 1 rings (SSSR count). The number of esters is 1. The number of nitrogens with zero attached hydrogens (tertiary/aromatic N) is 1. The number of aromatic nitrogens is 2. The number of methoxy groups -OCH3 is 1. The van der Waals surface area contributed by atoms with E-state index in [4.69, 9.17) is 5.73 Å². The SMILES string of the molecule is COC(=O)CCC(N)c1cn[nH]c1. The highest BCUT2D eigenvalue weighted by atomic mass is 16.5. The molecule has 0 aliphatic carbocycles. The predicted molar refractivity (Wildman–Crippen MR) is 46.8 cm³/mol. The lowest BCUT2D eigenvalue weighted by atomic mass is 10.1. The molecule has 13 heavy (non-hydrogen) atoms. The molecule has 1 heterocycles. The lowest BCUT2D eigenvalue weighted by Gasteiger charge is -2.07. The van der Waals surface area contributed by atoms with Gasteiger partial charge in [0.15, 0.2) is 0 Å². The van der Waals surface area contributed by atoms with Crippen LogP contribution in [-0.4, -0.2) is 23.3 Å². The minimum atomic E-state index is -0.237. The molecule has 3 N–H and O–H groups in total. The van der Waals surface area contributed by atoms with Crippen molar-refractivity contribution in [2.45, 2.75) is 18.9 Å². The highest BCUT2D eigenvalue weighted by molar-refractivity contribution is 5.69. The third-order valence-corrected chi connectivity index (χ3v) is 1.83. The summed E-state index contributed by atoms with van der Waals surface area (Å²) in [6, 6.07) is -0.155. The van der Waals surface area contributed by atoms with E-state index in [0.29, 0.717) is 12.8 Å². The fourth-order valence-electron chi connectivity index (χ4n) is 1.01. The van der Waals surface area contributed by atoms with Gasteiger partial charge in [-0.3, -0.25) is 9.89 Å². The van der Waals surface area contributed by atoms with Crippen molar-refractivity contribution in [3.63, 3.8) is 0 Å². The lowest BCUT2D eigenvalue weighted by Crippen LogP contribution is -2.12. The number of hydrogen-bond donors (Lipinski definition) is 2. The molecule has 0 fully saturated rings. The van der Waals surface area contributed by atoms with Crippen LogP contribution >= 0.6 is 0 Å². The molecular formula is C8H13N3O2. The Bertz CT molecular complexity index is 258. The average molecular weight is 183 g/mol. The van der Waals surface area contributed by atoms with E-state index in [-0.39, 0.29) is 12.0 Å². The van der Waals surface area contributed by atoms with Crippen LogP contribution in [0.25, 0.3) is 0 Å². The third-order valence-electron chi connectivity index (χ3n) is 1.83. The molecule has 1 aromatic heterocycles. The van der Waals surface area contributed by atoms with E-state index in [2.05, 4.69) is 14.9 Å². The van der Waals surface area contributed by atoms with Crippen LogP contribution in [0.5, 0.6) is 0 Å². The summed E-state index contributed by atoms with van der Waals surface area (Å²) < 4.78 is 4.50. The number of hydrogen-bond acceptors (Lipinski definition) is 4. The second-order valence-corrected chi connectivity index (χ2v) is 2.75. The molecule has 72 valence electrons. The summed E-state index contributed by atoms with van der Waals surface area (Å²) in [5.41, 5.74) is 6.68. The fourth-order valence-corrected chi connectivity index (χ4v) is 1.01. The van der Waals surface area contributed by atoms with Crippen molar-refractivity contribution < 1.29 is 9.53 Å². The van der Waals surface area contributed by atoms with Crippen molar-refractivity contribution in [2.24, 2.45) is 5.73 Å². The Labute approximate surface area is 76.3 Å². The summed E-state index contributed by atoms with van der Waals surface area (Å²) in [7, 11) is 1.37. The molecule has 1 atom stereocenters. The van der Waals surface area contributed by atoms with Gasteiger partial charge in [-0.05, 0) is 6.42 Å². The molecule has 0 aliphatic rings. The minimum Gasteiger partial charge on any atom is -0.469 e. The van der Waals surface area contributed by atoms with Crippen molar-refractivity contribution >= 4 is 5.97 Å². The van der Waals surface area contributed by atoms with Gasteiger partial charge in [0.1, 0.15) is 0 Å². The van der Waals surface area contributed by atoms with Crippen LogP contribution < -0.4 is 5.73 Å². The number of nitrogens with two attached hydrogens (primary N) is 1. The molecule has 0 radical (unpaired) electrons. The smallest absolute Gasteiger partial charge is 0.305 e. The number of aromatic amines is 1. The van der Waals surface area contributed by atoms with E-state index < -0.39 is 0 Å². The van der Waals surface area contributed by atoms with Gasteiger partial charge in [-0.25, -0.2) is 0 Å². The Morgan fingerprint density at radius 3 is 3.15 bits per heavy atom. The summed E-state index contributed by atoms with van der Waals surface area (Å²) in [5.74, 6) is -0.237.